The highest BCUT2D eigenvalue weighted by atomic mass is 32.2. The zero-order valence-corrected chi connectivity index (χ0v) is 15.9. The van der Waals surface area contributed by atoms with Crippen molar-refractivity contribution in [2.45, 2.75) is 31.2 Å². The van der Waals surface area contributed by atoms with Gasteiger partial charge in [-0.15, -0.1) is 0 Å². The number of nitrogens with zero attached hydrogens (tertiary/aromatic N) is 2. The van der Waals surface area contributed by atoms with Crippen molar-refractivity contribution in [2.75, 3.05) is 11.1 Å². The molecule has 28 heavy (non-hydrogen) atoms. The van der Waals surface area contributed by atoms with Crippen molar-refractivity contribution in [3.05, 3.63) is 59.4 Å². The predicted octanol–water partition coefficient (Wildman–Crippen LogP) is 4.06. The van der Waals surface area contributed by atoms with E-state index in [1.54, 1.807) is 12.1 Å². The Bertz CT molecular complexity index is 937. The first-order valence-corrected chi connectivity index (χ1v) is 10.2. The molecule has 8 heteroatoms. The molecule has 146 valence electrons. The summed E-state index contributed by atoms with van der Waals surface area (Å²) in [5.41, 5.74) is 4.90. The highest BCUT2D eigenvalue weighted by Crippen LogP contribution is 2.51. The Balaban J connectivity index is 1.77. The number of carbonyl (C=O) groups is 1. The molecule has 1 saturated carbocycles. The molecule has 1 amide bonds. The summed E-state index contributed by atoms with van der Waals surface area (Å²) in [6.45, 7) is 0. The summed E-state index contributed by atoms with van der Waals surface area (Å²) in [5.74, 6) is -1.33. The highest BCUT2D eigenvalue weighted by Gasteiger charge is 2.48. The number of hydrogen-bond donors (Lipinski definition) is 2. The van der Waals surface area contributed by atoms with Gasteiger partial charge in [0.1, 0.15) is 11.5 Å². The second kappa shape index (κ2) is 7.50. The number of amidine groups is 1. The molecule has 0 radical (unpaired) electrons. The fourth-order valence-corrected chi connectivity index (χ4v) is 5.17. The maximum atomic E-state index is 15.5. The predicted molar refractivity (Wildman–Crippen MR) is 106 cm³/mol. The minimum atomic E-state index is -1.02. The van der Waals surface area contributed by atoms with Crippen molar-refractivity contribution < 1.29 is 13.6 Å². The molecule has 0 saturated heterocycles. The van der Waals surface area contributed by atoms with Crippen LogP contribution in [0.3, 0.4) is 0 Å². The molecular weight excluding hydrogens is 382 g/mol. The van der Waals surface area contributed by atoms with Gasteiger partial charge in [-0.3, -0.25) is 14.8 Å². The summed E-state index contributed by atoms with van der Waals surface area (Å²) < 4.78 is 30.4. The molecule has 1 fully saturated rings. The third-order valence-electron chi connectivity index (χ3n) is 5.45. The maximum Gasteiger partial charge on any atom is 0.274 e. The van der Waals surface area contributed by atoms with Crippen LogP contribution in [0.5, 0.6) is 0 Å². The Morgan fingerprint density at radius 3 is 2.89 bits per heavy atom. The molecule has 0 spiro atoms. The van der Waals surface area contributed by atoms with Crippen LogP contribution < -0.4 is 11.1 Å². The minimum absolute atomic E-state index is 0.00397. The van der Waals surface area contributed by atoms with Crippen molar-refractivity contribution >= 4 is 28.5 Å². The fourth-order valence-electron chi connectivity index (χ4n) is 4.13. The van der Waals surface area contributed by atoms with Gasteiger partial charge in [0.05, 0.1) is 16.8 Å². The van der Waals surface area contributed by atoms with Crippen LogP contribution in [0.1, 0.15) is 41.7 Å². The van der Waals surface area contributed by atoms with Crippen LogP contribution >= 0.6 is 11.8 Å². The number of carbonyl (C=O) groups excluding carboxylic acids is 1. The fraction of sp³-hybridized carbons (Fsp3) is 0.350. The lowest BCUT2D eigenvalue weighted by Crippen LogP contribution is -2.44. The third-order valence-corrected chi connectivity index (χ3v) is 6.40. The number of thioether (sulfide) groups is 1. The summed E-state index contributed by atoms with van der Waals surface area (Å²) in [6.07, 6.45) is 4.67. The number of hydrogen-bond acceptors (Lipinski definition) is 5. The quantitative estimate of drug-likeness (QED) is 0.811. The molecule has 0 bridgehead atoms. The SMILES string of the molecule is NC1=N[C@@]2(c3c(F)ccc(NC(=O)c4ccccn4)c3F)CCCC[C@H]2CS1. The maximum absolute atomic E-state index is 15.5. The van der Waals surface area contributed by atoms with Crippen LogP contribution in [0.2, 0.25) is 0 Å². The Labute approximate surface area is 165 Å². The zero-order valence-electron chi connectivity index (χ0n) is 15.1. The van der Waals surface area contributed by atoms with Gasteiger partial charge < -0.3 is 11.1 Å². The van der Waals surface area contributed by atoms with Gasteiger partial charge in [-0.05, 0) is 43.0 Å². The second-order valence-corrected chi connectivity index (χ2v) is 8.12. The van der Waals surface area contributed by atoms with Crippen molar-refractivity contribution in [1.82, 2.24) is 4.98 Å². The largest absolute Gasteiger partial charge is 0.379 e. The zero-order chi connectivity index (χ0) is 19.7. The molecule has 1 aliphatic heterocycles. The Morgan fingerprint density at radius 1 is 1.25 bits per heavy atom. The molecule has 2 aromatic rings. The monoisotopic (exact) mass is 402 g/mol. The first-order chi connectivity index (χ1) is 13.5. The summed E-state index contributed by atoms with van der Waals surface area (Å²) in [5, 5.41) is 2.86. The normalized spacial score (nSPS) is 24.2. The van der Waals surface area contributed by atoms with Gasteiger partial charge in [0.25, 0.3) is 5.91 Å². The van der Waals surface area contributed by atoms with E-state index in [4.69, 9.17) is 5.73 Å². The number of rotatable bonds is 3. The number of fused-ring (bicyclic) bond motifs is 1. The molecule has 2 atom stereocenters. The van der Waals surface area contributed by atoms with Crippen LogP contribution in [0.4, 0.5) is 14.5 Å². The number of amides is 1. The number of aliphatic imine (C=N–C) groups is 1. The molecule has 1 aliphatic carbocycles. The first kappa shape index (κ1) is 18.9. The van der Waals surface area contributed by atoms with Crippen LogP contribution in [0, 0.1) is 17.6 Å². The number of benzene rings is 1. The molecule has 2 heterocycles. The molecular formula is C20H20F2N4OS. The summed E-state index contributed by atoms with van der Waals surface area (Å²) in [7, 11) is 0. The molecule has 1 aromatic carbocycles. The number of anilines is 1. The molecule has 3 N–H and O–H groups in total. The lowest BCUT2D eigenvalue weighted by molar-refractivity contribution is 0.102. The molecule has 1 aromatic heterocycles. The molecule has 0 unspecified atom stereocenters. The number of halogens is 2. The van der Waals surface area contributed by atoms with E-state index in [9.17, 15) is 9.18 Å². The Morgan fingerprint density at radius 2 is 2.11 bits per heavy atom. The number of nitrogens with two attached hydrogens (primary N) is 1. The lowest BCUT2D eigenvalue weighted by atomic mass is 9.69. The van der Waals surface area contributed by atoms with E-state index in [1.807, 2.05) is 0 Å². The Hall–Kier alpha value is -2.48. The van der Waals surface area contributed by atoms with E-state index >= 15 is 4.39 Å². The van der Waals surface area contributed by atoms with Gasteiger partial charge in [-0.25, -0.2) is 8.78 Å². The van der Waals surface area contributed by atoms with E-state index in [1.165, 1.54) is 36.2 Å². The lowest BCUT2D eigenvalue weighted by Gasteiger charge is -2.44. The van der Waals surface area contributed by atoms with Crippen molar-refractivity contribution in [3.63, 3.8) is 0 Å². The van der Waals surface area contributed by atoms with Gasteiger partial charge >= 0.3 is 0 Å². The number of pyridine rings is 1. The average Bonchev–Trinajstić information content (AvgIpc) is 2.70. The van der Waals surface area contributed by atoms with Crippen LogP contribution in [-0.4, -0.2) is 21.8 Å². The van der Waals surface area contributed by atoms with E-state index in [-0.39, 0.29) is 22.9 Å². The topological polar surface area (TPSA) is 80.4 Å². The summed E-state index contributed by atoms with van der Waals surface area (Å²) >= 11 is 1.43. The van der Waals surface area contributed by atoms with Gasteiger partial charge in [-0.1, -0.05) is 30.7 Å². The van der Waals surface area contributed by atoms with E-state index in [0.29, 0.717) is 17.3 Å². The standard InChI is InChI=1S/C20H20F2N4OS/c21-13-7-8-14(25-18(27)15-6-2-4-10-24-15)17(22)16(13)20-9-3-1-5-12(20)11-28-19(23)26-20/h2,4,6-8,10,12H,1,3,5,9,11H2,(H2,23,26)(H,25,27)/t12-,20-/m0/s1. The highest BCUT2D eigenvalue weighted by molar-refractivity contribution is 8.13. The van der Waals surface area contributed by atoms with Crippen molar-refractivity contribution in [3.8, 4) is 0 Å². The average molecular weight is 402 g/mol. The molecule has 4 rings (SSSR count). The van der Waals surface area contributed by atoms with Gasteiger partial charge in [0.15, 0.2) is 11.0 Å². The summed E-state index contributed by atoms with van der Waals surface area (Å²) in [4.78, 5) is 20.9. The molecule has 5 nitrogen and oxygen atoms in total. The van der Waals surface area contributed by atoms with Gasteiger partial charge in [-0.2, -0.15) is 0 Å². The van der Waals surface area contributed by atoms with Gasteiger partial charge in [0.2, 0.25) is 0 Å². The van der Waals surface area contributed by atoms with Crippen molar-refractivity contribution in [2.24, 2.45) is 16.6 Å². The van der Waals surface area contributed by atoms with Crippen LogP contribution in [0.25, 0.3) is 0 Å². The van der Waals surface area contributed by atoms with Gasteiger partial charge in [0, 0.05) is 11.9 Å². The second-order valence-electron chi connectivity index (χ2n) is 7.08. The first-order valence-electron chi connectivity index (χ1n) is 9.20. The van der Waals surface area contributed by atoms with E-state index < -0.39 is 23.1 Å². The van der Waals surface area contributed by atoms with Crippen molar-refractivity contribution in [1.29, 1.82) is 0 Å². The Kier molecular flexibility index (Phi) is 5.05. The van der Waals surface area contributed by atoms with Crippen LogP contribution in [-0.2, 0) is 5.54 Å². The summed E-state index contributed by atoms with van der Waals surface area (Å²) in [6, 6.07) is 7.28. The minimum Gasteiger partial charge on any atom is -0.379 e. The van der Waals surface area contributed by atoms with E-state index in [2.05, 4.69) is 15.3 Å². The smallest absolute Gasteiger partial charge is 0.274 e. The molecule has 2 aliphatic rings. The van der Waals surface area contributed by atoms with Crippen LogP contribution in [0.15, 0.2) is 41.5 Å². The van der Waals surface area contributed by atoms with E-state index in [0.717, 1.165) is 19.3 Å². The third kappa shape index (κ3) is 3.26. The number of aromatic nitrogens is 1. The number of nitrogens with one attached hydrogen (secondary N) is 1.